The number of nitrogens with two attached hydrogens (primary N) is 1. The van der Waals surface area contributed by atoms with Crippen molar-refractivity contribution in [2.24, 2.45) is 5.73 Å². The lowest BCUT2D eigenvalue weighted by Crippen LogP contribution is -2.38. The zero-order valence-electron chi connectivity index (χ0n) is 8.33. The van der Waals surface area contributed by atoms with Crippen molar-refractivity contribution in [3.8, 4) is 0 Å². The number of rotatable bonds is 2. The number of pyridine rings is 1. The number of amides is 1. The number of hydrogen-bond donors (Lipinski definition) is 2. The van der Waals surface area contributed by atoms with Crippen LogP contribution in [0.1, 0.15) is 10.9 Å². The molecular weight excluding hydrogens is 269 g/mol. The van der Waals surface area contributed by atoms with Gasteiger partial charge >= 0.3 is 0 Å². The van der Waals surface area contributed by atoms with Gasteiger partial charge in [0.05, 0.1) is 11.4 Å². The number of hydrogen-bond acceptors (Lipinski definition) is 4. The fourth-order valence-electron chi connectivity index (χ4n) is 1.36. The largest absolute Gasteiger partial charge is 0.368 e. The lowest BCUT2D eigenvalue weighted by atomic mass is 10.2. The first kappa shape index (κ1) is 15.5. The van der Waals surface area contributed by atoms with Crippen molar-refractivity contribution in [1.82, 2.24) is 10.3 Å². The van der Waals surface area contributed by atoms with E-state index in [0.29, 0.717) is 0 Å². The molecule has 2 atom stereocenters. The van der Waals surface area contributed by atoms with Gasteiger partial charge in [0.25, 0.3) is 0 Å². The fourth-order valence-corrected chi connectivity index (χ4v) is 2.60. The van der Waals surface area contributed by atoms with Gasteiger partial charge in [-0.15, -0.1) is 36.6 Å². The predicted octanol–water partition coefficient (Wildman–Crippen LogP) is 1.11. The van der Waals surface area contributed by atoms with E-state index < -0.39 is 0 Å². The molecule has 1 aromatic rings. The molecule has 3 N–H and O–H groups in total. The zero-order chi connectivity index (χ0) is 9.97. The van der Waals surface area contributed by atoms with Crippen molar-refractivity contribution < 1.29 is 4.79 Å². The van der Waals surface area contributed by atoms with Crippen LogP contribution in [0.2, 0.25) is 0 Å². The van der Waals surface area contributed by atoms with Crippen LogP contribution in [0.25, 0.3) is 0 Å². The molecule has 0 radical (unpaired) electrons. The third-order valence-corrected chi connectivity index (χ3v) is 3.38. The molecular formula is C9H13Cl2N3OS. The molecule has 0 saturated carbocycles. The highest BCUT2D eigenvalue weighted by Crippen LogP contribution is 2.31. The Morgan fingerprint density at radius 3 is 2.81 bits per heavy atom. The molecule has 1 aliphatic heterocycles. The Balaban J connectivity index is 0.00000112. The van der Waals surface area contributed by atoms with Gasteiger partial charge in [-0.05, 0) is 11.6 Å². The number of halogens is 2. The number of nitrogens with one attached hydrogen (secondary N) is 1. The van der Waals surface area contributed by atoms with E-state index in [2.05, 4.69) is 10.3 Å². The van der Waals surface area contributed by atoms with E-state index in [9.17, 15) is 4.79 Å². The maximum absolute atomic E-state index is 10.9. The lowest BCUT2D eigenvalue weighted by Gasteiger charge is -2.10. The molecule has 1 aliphatic rings. The van der Waals surface area contributed by atoms with Crippen LogP contribution in [0, 0.1) is 0 Å². The summed E-state index contributed by atoms with van der Waals surface area (Å²) >= 11 is 1.68. The molecule has 2 heterocycles. The quantitative estimate of drug-likeness (QED) is 0.852. The van der Waals surface area contributed by atoms with Gasteiger partial charge in [0.1, 0.15) is 0 Å². The Hall–Kier alpha value is -0.490. The third-order valence-electron chi connectivity index (χ3n) is 2.11. The minimum absolute atomic E-state index is 0. The van der Waals surface area contributed by atoms with Gasteiger partial charge in [-0.3, -0.25) is 15.1 Å². The van der Waals surface area contributed by atoms with Crippen LogP contribution in [0.15, 0.2) is 24.5 Å². The molecule has 0 spiro atoms. The second-order valence-electron chi connectivity index (χ2n) is 3.12. The molecule has 1 amide bonds. The average Bonchev–Trinajstić information content (AvgIpc) is 2.68. The lowest BCUT2D eigenvalue weighted by molar-refractivity contribution is -0.119. The summed E-state index contributed by atoms with van der Waals surface area (Å²) in [4.78, 5) is 14.9. The molecule has 7 heteroatoms. The average molecular weight is 282 g/mol. The number of primary amides is 1. The molecule has 90 valence electrons. The Kier molecular flexibility index (Phi) is 6.74. The highest BCUT2D eigenvalue weighted by atomic mass is 35.5. The summed E-state index contributed by atoms with van der Waals surface area (Å²) in [6, 6.07) is 3.65. The Labute approximate surface area is 111 Å². The maximum Gasteiger partial charge on any atom is 0.235 e. The summed E-state index contributed by atoms with van der Waals surface area (Å²) in [5.41, 5.74) is 6.29. The molecule has 2 rings (SSSR count). The van der Waals surface area contributed by atoms with Crippen LogP contribution in [0.3, 0.4) is 0 Å². The maximum atomic E-state index is 10.9. The minimum atomic E-state index is -0.288. The second-order valence-corrected chi connectivity index (χ2v) is 4.26. The van der Waals surface area contributed by atoms with Crippen molar-refractivity contribution in [1.29, 1.82) is 0 Å². The normalized spacial score (nSPS) is 23.0. The molecule has 0 bridgehead atoms. The van der Waals surface area contributed by atoms with E-state index in [1.165, 1.54) is 0 Å². The van der Waals surface area contributed by atoms with Gasteiger partial charge in [0.2, 0.25) is 5.91 Å². The van der Waals surface area contributed by atoms with Crippen molar-refractivity contribution in [3.63, 3.8) is 0 Å². The van der Waals surface area contributed by atoms with Gasteiger partial charge in [0.15, 0.2) is 0 Å². The van der Waals surface area contributed by atoms with Gasteiger partial charge in [-0.25, -0.2) is 0 Å². The van der Waals surface area contributed by atoms with Crippen LogP contribution < -0.4 is 11.1 Å². The molecule has 1 saturated heterocycles. The molecule has 0 aromatic carbocycles. The van der Waals surface area contributed by atoms with E-state index in [1.807, 2.05) is 12.1 Å². The summed E-state index contributed by atoms with van der Waals surface area (Å²) in [5, 5.41) is 3.30. The van der Waals surface area contributed by atoms with Crippen LogP contribution >= 0.6 is 36.6 Å². The summed E-state index contributed by atoms with van der Waals surface area (Å²) in [6.45, 7) is 0. The summed E-state index contributed by atoms with van der Waals surface area (Å²) < 4.78 is 0. The fraction of sp³-hybridized carbons (Fsp3) is 0.333. The van der Waals surface area contributed by atoms with E-state index in [0.717, 1.165) is 11.3 Å². The molecule has 0 aliphatic carbocycles. The van der Waals surface area contributed by atoms with Crippen LogP contribution in [0.5, 0.6) is 0 Å². The van der Waals surface area contributed by atoms with Gasteiger partial charge in [-0.1, -0.05) is 6.07 Å². The Morgan fingerprint density at radius 2 is 2.31 bits per heavy atom. The summed E-state index contributed by atoms with van der Waals surface area (Å²) in [7, 11) is 0. The number of carbonyl (C=O) groups excluding carboxylic acids is 1. The minimum Gasteiger partial charge on any atom is -0.368 e. The first-order valence-corrected chi connectivity index (χ1v) is 5.39. The highest BCUT2D eigenvalue weighted by Gasteiger charge is 2.28. The number of carbonyl (C=O) groups is 1. The summed E-state index contributed by atoms with van der Waals surface area (Å²) in [6.07, 6.45) is 3.53. The first-order valence-electron chi connectivity index (χ1n) is 4.34. The van der Waals surface area contributed by atoms with E-state index in [4.69, 9.17) is 5.73 Å². The Morgan fingerprint density at radius 1 is 1.56 bits per heavy atom. The van der Waals surface area contributed by atoms with Crippen LogP contribution in [-0.4, -0.2) is 22.7 Å². The van der Waals surface area contributed by atoms with Crippen molar-refractivity contribution in [2.75, 3.05) is 5.75 Å². The van der Waals surface area contributed by atoms with Crippen molar-refractivity contribution in [2.45, 2.75) is 11.4 Å². The zero-order valence-corrected chi connectivity index (χ0v) is 10.8. The predicted molar refractivity (Wildman–Crippen MR) is 70.1 cm³/mol. The smallest absolute Gasteiger partial charge is 0.235 e. The molecule has 1 fully saturated rings. The molecule has 4 nitrogen and oxygen atoms in total. The monoisotopic (exact) mass is 281 g/mol. The second kappa shape index (κ2) is 6.96. The standard InChI is InChI=1S/C9H11N3OS.2ClH/c10-8(13)7-5-14-9(12-7)6-2-1-3-11-4-6;;/h1-4,7,9,12H,5H2,(H2,10,13);2*1H. The molecule has 16 heavy (non-hydrogen) atoms. The Bertz CT molecular complexity index is 339. The number of aromatic nitrogens is 1. The van der Waals surface area contributed by atoms with Gasteiger partial charge in [-0.2, -0.15) is 0 Å². The van der Waals surface area contributed by atoms with Crippen LogP contribution in [-0.2, 0) is 4.79 Å². The van der Waals surface area contributed by atoms with Gasteiger partial charge < -0.3 is 5.73 Å². The highest BCUT2D eigenvalue weighted by molar-refractivity contribution is 7.99. The van der Waals surface area contributed by atoms with Crippen LogP contribution in [0.4, 0.5) is 0 Å². The van der Waals surface area contributed by atoms with Crippen molar-refractivity contribution in [3.05, 3.63) is 30.1 Å². The number of thioether (sulfide) groups is 1. The molecule has 1 aromatic heterocycles. The van der Waals surface area contributed by atoms with E-state index in [1.54, 1.807) is 24.2 Å². The van der Waals surface area contributed by atoms with Gasteiger partial charge in [0, 0.05) is 18.1 Å². The van der Waals surface area contributed by atoms with Crippen molar-refractivity contribution >= 4 is 42.5 Å². The molecule has 2 unspecified atom stereocenters. The van der Waals surface area contributed by atoms with E-state index in [-0.39, 0.29) is 42.1 Å². The van der Waals surface area contributed by atoms with E-state index >= 15 is 0 Å². The topological polar surface area (TPSA) is 68.0 Å². The first-order chi connectivity index (χ1) is 6.77. The number of nitrogens with zero attached hydrogens (tertiary/aromatic N) is 1. The SMILES string of the molecule is Cl.Cl.NC(=O)C1CSC(c2cccnc2)N1. The third kappa shape index (κ3) is 3.52. The summed E-state index contributed by atoms with van der Waals surface area (Å²) in [5.74, 6) is 0.443.